The molecule has 27 heavy (non-hydrogen) atoms. The number of nitrogens with one attached hydrogen (secondary N) is 2. The minimum Gasteiger partial charge on any atom is -0.336 e. The highest BCUT2D eigenvalue weighted by atomic mass is 35.5. The molecular weight excluding hydrogens is 386 g/mol. The monoisotopic (exact) mass is 415 g/mol. The molecule has 0 aliphatic carbocycles. The largest absolute Gasteiger partial charge is 0.336 e. The summed E-state index contributed by atoms with van der Waals surface area (Å²) < 4.78 is 23.4. The summed E-state index contributed by atoms with van der Waals surface area (Å²) in [5.74, 6) is 0.528. The van der Waals surface area contributed by atoms with Crippen LogP contribution in [0.15, 0.2) is 23.1 Å². The fourth-order valence-corrected chi connectivity index (χ4v) is 4.51. The molecule has 1 heterocycles. The maximum atomic E-state index is 12.4. The van der Waals surface area contributed by atoms with Crippen molar-refractivity contribution in [3.8, 4) is 0 Å². The molecule has 1 unspecified atom stereocenters. The third kappa shape index (κ3) is 6.09. The molecule has 152 valence electrons. The van der Waals surface area contributed by atoms with Gasteiger partial charge in [-0.15, -0.1) is 0 Å². The second kappa shape index (κ2) is 9.75. The Labute approximate surface area is 167 Å². The van der Waals surface area contributed by atoms with Gasteiger partial charge in [-0.3, -0.25) is 4.90 Å². The van der Waals surface area contributed by atoms with Crippen molar-refractivity contribution in [1.82, 2.24) is 10.2 Å². The molecule has 1 fully saturated rings. The Bertz CT molecular complexity index is 743. The van der Waals surface area contributed by atoms with Gasteiger partial charge < -0.3 is 10.6 Å². The Balaban J connectivity index is 2.03. The molecule has 1 aromatic carbocycles. The first-order valence-electron chi connectivity index (χ1n) is 9.54. The van der Waals surface area contributed by atoms with Crippen molar-refractivity contribution < 1.29 is 13.2 Å². The van der Waals surface area contributed by atoms with Crippen molar-refractivity contribution in [2.45, 2.75) is 50.5 Å². The molecular formula is C19H30ClN3O3S. The Morgan fingerprint density at radius 2 is 1.85 bits per heavy atom. The molecule has 1 aliphatic rings. The van der Waals surface area contributed by atoms with Gasteiger partial charge >= 0.3 is 6.03 Å². The zero-order valence-corrected chi connectivity index (χ0v) is 17.9. The van der Waals surface area contributed by atoms with E-state index in [-0.39, 0.29) is 16.6 Å². The second-order valence-corrected chi connectivity index (χ2v) is 9.56. The predicted molar refractivity (Wildman–Crippen MR) is 110 cm³/mol. The van der Waals surface area contributed by atoms with E-state index in [1.807, 2.05) is 0 Å². The van der Waals surface area contributed by atoms with E-state index in [1.165, 1.54) is 31.0 Å². The number of urea groups is 1. The molecule has 8 heteroatoms. The van der Waals surface area contributed by atoms with Crippen LogP contribution in [-0.4, -0.2) is 51.3 Å². The molecule has 1 aromatic rings. The summed E-state index contributed by atoms with van der Waals surface area (Å²) in [5.41, 5.74) is 0.289. The normalized spacial score (nSPS) is 16.5. The first kappa shape index (κ1) is 22.0. The number of hydrogen-bond acceptors (Lipinski definition) is 4. The van der Waals surface area contributed by atoms with Crippen molar-refractivity contribution in [3.63, 3.8) is 0 Å². The summed E-state index contributed by atoms with van der Waals surface area (Å²) in [5, 5.41) is 5.92. The van der Waals surface area contributed by atoms with Crippen LogP contribution in [-0.2, 0) is 9.84 Å². The van der Waals surface area contributed by atoms with Crippen molar-refractivity contribution in [1.29, 1.82) is 0 Å². The molecule has 0 bridgehead atoms. The first-order valence-corrected chi connectivity index (χ1v) is 11.8. The lowest BCUT2D eigenvalue weighted by atomic mass is 9.93. The van der Waals surface area contributed by atoms with Gasteiger partial charge in [-0.05, 0) is 50.0 Å². The molecule has 2 N–H and O–H groups in total. The number of sulfone groups is 1. The summed E-state index contributed by atoms with van der Waals surface area (Å²) >= 11 is 6.11. The van der Waals surface area contributed by atoms with E-state index < -0.39 is 9.84 Å². The average molecular weight is 416 g/mol. The van der Waals surface area contributed by atoms with E-state index in [2.05, 4.69) is 29.4 Å². The summed E-state index contributed by atoms with van der Waals surface area (Å²) in [6, 6.07) is 4.22. The van der Waals surface area contributed by atoms with E-state index >= 15 is 0 Å². The minimum absolute atomic E-state index is 0.120. The van der Waals surface area contributed by atoms with Crippen LogP contribution >= 0.6 is 11.6 Å². The highest BCUT2D eigenvalue weighted by Crippen LogP contribution is 2.26. The third-order valence-corrected chi connectivity index (χ3v) is 6.73. The number of carbonyl (C=O) groups excluding carboxylic acids is 1. The lowest BCUT2D eigenvalue weighted by Gasteiger charge is -2.33. The maximum Gasteiger partial charge on any atom is 0.319 e. The fraction of sp³-hybridized carbons (Fsp3) is 0.632. The zero-order chi connectivity index (χ0) is 20.0. The number of likely N-dealkylation sites (tertiary alicyclic amines) is 1. The van der Waals surface area contributed by atoms with Gasteiger partial charge in [0.25, 0.3) is 0 Å². The smallest absolute Gasteiger partial charge is 0.319 e. The Kier molecular flexibility index (Phi) is 7.94. The lowest BCUT2D eigenvalue weighted by Crippen LogP contribution is -2.47. The van der Waals surface area contributed by atoms with Gasteiger partial charge in [0, 0.05) is 18.8 Å². The van der Waals surface area contributed by atoms with Crippen LogP contribution in [0.4, 0.5) is 10.5 Å². The molecule has 0 spiro atoms. The summed E-state index contributed by atoms with van der Waals surface area (Å²) in [6.07, 6.45) is 5.68. The molecule has 2 amide bonds. The van der Waals surface area contributed by atoms with E-state index in [4.69, 9.17) is 11.6 Å². The Hall–Kier alpha value is -1.31. The van der Waals surface area contributed by atoms with Crippen LogP contribution in [0.25, 0.3) is 0 Å². The summed E-state index contributed by atoms with van der Waals surface area (Å²) in [6.45, 7) is 7.09. The van der Waals surface area contributed by atoms with E-state index in [1.54, 1.807) is 0 Å². The number of amides is 2. The van der Waals surface area contributed by atoms with E-state index in [0.29, 0.717) is 23.5 Å². The molecule has 0 radical (unpaired) electrons. The highest BCUT2D eigenvalue weighted by molar-refractivity contribution is 7.90. The molecule has 0 saturated carbocycles. The number of nitrogens with zero attached hydrogens (tertiary/aromatic N) is 1. The fourth-order valence-electron chi connectivity index (χ4n) is 3.69. The van der Waals surface area contributed by atoms with Crippen LogP contribution in [0.5, 0.6) is 0 Å². The van der Waals surface area contributed by atoms with Crippen molar-refractivity contribution in [3.05, 3.63) is 23.2 Å². The highest BCUT2D eigenvalue weighted by Gasteiger charge is 2.27. The van der Waals surface area contributed by atoms with Gasteiger partial charge in [-0.25, -0.2) is 13.2 Å². The standard InChI is InChI=1S/C19H30ClN3O3S/c1-4-14(5-2)18(23-10-6-7-11-23)13-21-19(24)22-17-12-15(27(3,25)26)8-9-16(17)20/h8-9,12,14,18H,4-7,10-11,13H2,1-3H3,(H2,21,22,24). The number of anilines is 1. The molecule has 1 saturated heterocycles. The number of rotatable bonds is 8. The summed E-state index contributed by atoms with van der Waals surface area (Å²) in [7, 11) is -3.37. The topological polar surface area (TPSA) is 78.5 Å². The number of hydrogen-bond donors (Lipinski definition) is 2. The van der Waals surface area contributed by atoms with Crippen molar-refractivity contribution in [2.75, 3.05) is 31.2 Å². The second-order valence-electron chi connectivity index (χ2n) is 7.14. The SMILES string of the molecule is CCC(CC)C(CNC(=O)Nc1cc(S(C)(=O)=O)ccc1Cl)N1CCCC1. The first-order chi connectivity index (χ1) is 12.8. The van der Waals surface area contributed by atoms with E-state index in [0.717, 1.165) is 32.2 Å². The summed E-state index contributed by atoms with van der Waals surface area (Å²) in [4.78, 5) is 15.0. The van der Waals surface area contributed by atoms with Crippen molar-refractivity contribution >= 4 is 33.2 Å². The van der Waals surface area contributed by atoms with Crippen LogP contribution in [0.1, 0.15) is 39.5 Å². The lowest BCUT2D eigenvalue weighted by molar-refractivity contribution is 0.163. The van der Waals surface area contributed by atoms with Gasteiger partial charge in [-0.2, -0.15) is 0 Å². The van der Waals surface area contributed by atoms with Crippen LogP contribution in [0.2, 0.25) is 5.02 Å². The molecule has 6 nitrogen and oxygen atoms in total. The van der Waals surface area contributed by atoms with Crippen LogP contribution in [0, 0.1) is 5.92 Å². The maximum absolute atomic E-state index is 12.4. The number of benzene rings is 1. The van der Waals surface area contributed by atoms with E-state index in [9.17, 15) is 13.2 Å². The Morgan fingerprint density at radius 3 is 2.41 bits per heavy atom. The van der Waals surface area contributed by atoms with Gasteiger partial charge in [0.1, 0.15) is 0 Å². The molecule has 2 rings (SSSR count). The van der Waals surface area contributed by atoms with Crippen molar-refractivity contribution in [2.24, 2.45) is 5.92 Å². The Morgan fingerprint density at radius 1 is 1.22 bits per heavy atom. The van der Waals surface area contributed by atoms with Gasteiger partial charge in [0.15, 0.2) is 9.84 Å². The van der Waals surface area contributed by atoms with Crippen LogP contribution < -0.4 is 10.6 Å². The quantitative estimate of drug-likeness (QED) is 0.677. The van der Waals surface area contributed by atoms with Gasteiger partial charge in [-0.1, -0.05) is 38.3 Å². The average Bonchev–Trinajstić information content (AvgIpc) is 3.13. The minimum atomic E-state index is -3.37. The van der Waals surface area contributed by atoms with Gasteiger partial charge in [0.05, 0.1) is 15.6 Å². The molecule has 1 aliphatic heterocycles. The van der Waals surface area contributed by atoms with Crippen LogP contribution in [0.3, 0.4) is 0 Å². The molecule has 1 atom stereocenters. The third-order valence-electron chi connectivity index (χ3n) is 5.29. The number of halogens is 1. The zero-order valence-electron chi connectivity index (χ0n) is 16.3. The molecule has 0 aromatic heterocycles. The number of carbonyl (C=O) groups is 1. The predicted octanol–water partition coefficient (Wildman–Crippen LogP) is 3.77. The van der Waals surface area contributed by atoms with Gasteiger partial charge in [0.2, 0.25) is 0 Å².